The molecule has 0 bridgehead atoms. The molecule has 0 aliphatic rings. The third kappa shape index (κ3) is 3.22. The van der Waals surface area contributed by atoms with Crippen LogP contribution >= 0.6 is 0 Å². The maximum absolute atomic E-state index is 5.62. The normalized spacial score (nSPS) is 12.6. The van der Waals surface area contributed by atoms with Gasteiger partial charge in [0.15, 0.2) is 0 Å². The van der Waals surface area contributed by atoms with Crippen LogP contribution in [0.3, 0.4) is 0 Å². The fourth-order valence-corrected chi connectivity index (χ4v) is 2.10. The lowest BCUT2D eigenvalue weighted by Crippen LogP contribution is -2.38. The monoisotopic (exact) mass is 244 g/mol. The van der Waals surface area contributed by atoms with Crippen LogP contribution in [0, 0.1) is 13.8 Å². The maximum atomic E-state index is 5.62. The first-order valence-corrected chi connectivity index (χ1v) is 6.22. The summed E-state index contributed by atoms with van der Waals surface area (Å²) in [6.45, 7) is 4.27. The molecule has 0 aliphatic heterocycles. The van der Waals surface area contributed by atoms with Gasteiger partial charge in [-0.25, -0.2) is 0 Å². The van der Waals surface area contributed by atoms with Crippen LogP contribution in [0.25, 0.3) is 0 Å². The predicted octanol–water partition coefficient (Wildman–Crippen LogP) is 2.51. The van der Waals surface area contributed by atoms with Gasteiger partial charge in [-0.05, 0) is 55.0 Å². The first kappa shape index (κ1) is 12.9. The molecule has 3 nitrogen and oxygen atoms in total. The van der Waals surface area contributed by atoms with Crippen molar-refractivity contribution < 1.29 is 4.42 Å². The molecule has 0 aliphatic carbocycles. The zero-order chi connectivity index (χ0) is 13.0. The highest BCUT2D eigenvalue weighted by molar-refractivity contribution is 5.30. The Morgan fingerprint density at radius 3 is 2.50 bits per heavy atom. The quantitative estimate of drug-likeness (QED) is 0.627. The SMILES string of the molecule is Cc1ccc(CC(Cc2ccoc2)NN)cc1C. The van der Waals surface area contributed by atoms with E-state index in [2.05, 4.69) is 37.5 Å². The number of benzene rings is 1. The molecule has 18 heavy (non-hydrogen) atoms. The highest BCUT2D eigenvalue weighted by atomic mass is 16.3. The van der Waals surface area contributed by atoms with Crippen LogP contribution < -0.4 is 11.3 Å². The molecule has 0 fully saturated rings. The molecule has 1 aromatic heterocycles. The number of rotatable bonds is 5. The van der Waals surface area contributed by atoms with Crippen molar-refractivity contribution in [3.05, 3.63) is 59.0 Å². The van der Waals surface area contributed by atoms with Gasteiger partial charge in [-0.3, -0.25) is 11.3 Å². The van der Waals surface area contributed by atoms with Gasteiger partial charge >= 0.3 is 0 Å². The first-order valence-electron chi connectivity index (χ1n) is 6.22. The molecular weight excluding hydrogens is 224 g/mol. The Kier molecular flexibility index (Phi) is 4.18. The summed E-state index contributed by atoms with van der Waals surface area (Å²) in [5, 5.41) is 0. The Bertz CT molecular complexity index is 491. The van der Waals surface area contributed by atoms with Gasteiger partial charge in [-0.2, -0.15) is 0 Å². The van der Waals surface area contributed by atoms with Crippen LogP contribution in [0.5, 0.6) is 0 Å². The maximum Gasteiger partial charge on any atom is 0.0935 e. The number of aryl methyl sites for hydroxylation is 2. The summed E-state index contributed by atoms with van der Waals surface area (Å²) in [5.74, 6) is 5.62. The minimum absolute atomic E-state index is 0.227. The van der Waals surface area contributed by atoms with Gasteiger partial charge in [0.2, 0.25) is 0 Å². The Morgan fingerprint density at radius 2 is 1.89 bits per heavy atom. The Hall–Kier alpha value is -1.58. The van der Waals surface area contributed by atoms with Crippen molar-refractivity contribution in [1.82, 2.24) is 5.43 Å². The predicted molar refractivity (Wildman–Crippen MR) is 73.1 cm³/mol. The molecule has 0 amide bonds. The topological polar surface area (TPSA) is 51.2 Å². The van der Waals surface area contributed by atoms with Crippen LogP contribution in [0.1, 0.15) is 22.3 Å². The lowest BCUT2D eigenvalue weighted by atomic mass is 9.98. The highest BCUT2D eigenvalue weighted by Gasteiger charge is 2.10. The van der Waals surface area contributed by atoms with E-state index in [-0.39, 0.29) is 6.04 Å². The van der Waals surface area contributed by atoms with Gasteiger partial charge in [0.05, 0.1) is 12.5 Å². The second kappa shape index (κ2) is 5.85. The number of furan rings is 1. The number of nitrogens with two attached hydrogens (primary N) is 1. The third-order valence-electron chi connectivity index (χ3n) is 3.35. The lowest BCUT2D eigenvalue weighted by molar-refractivity contribution is 0.514. The highest BCUT2D eigenvalue weighted by Crippen LogP contribution is 2.13. The molecule has 96 valence electrons. The molecule has 1 aromatic carbocycles. The van der Waals surface area contributed by atoms with Gasteiger partial charge in [0.1, 0.15) is 0 Å². The fourth-order valence-electron chi connectivity index (χ4n) is 2.10. The summed E-state index contributed by atoms with van der Waals surface area (Å²) in [6.07, 6.45) is 5.26. The van der Waals surface area contributed by atoms with Crippen molar-refractivity contribution >= 4 is 0 Å². The Labute approximate surface area is 108 Å². The summed E-state index contributed by atoms with van der Waals surface area (Å²) < 4.78 is 5.08. The zero-order valence-corrected chi connectivity index (χ0v) is 10.9. The van der Waals surface area contributed by atoms with Crippen molar-refractivity contribution in [3.8, 4) is 0 Å². The molecule has 0 radical (unpaired) electrons. The fraction of sp³-hybridized carbons (Fsp3) is 0.333. The molecule has 2 aromatic rings. The molecule has 3 N–H and O–H groups in total. The summed E-state index contributed by atoms with van der Waals surface area (Å²) in [7, 11) is 0. The van der Waals surface area contributed by atoms with Crippen LogP contribution in [0.4, 0.5) is 0 Å². The average molecular weight is 244 g/mol. The van der Waals surface area contributed by atoms with E-state index in [0.29, 0.717) is 0 Å². The average Bonchev–Trinajstić information content (AvgIpc) is 2.86. The molecule has 1 heterocycles. The summed E-state index contributed by atoms with van der Waals surface area (Å²) in [4.78, 5) is 0. The molecule has 3 heteroatoms. The minimum Gasteiger partial charge on any atom is -0.472 e. The van der Waals surface area contributed by atoms with E-state index in [1.165, 1.54) is 22.3 Å². The van der Waals surface area contributed by atoms with Crippen molar-refractivity contribution in [2.45, 2.75) is 32.7 Å². The van der Waals surface area contributed by atoms with Crippen LogP contribution in [0.2, 0.25) is 0 Å². The molecule has 2 rings (SSSR count). The van der Waals surface area contributed by atoms with Crippen molar-refractivity contribution in [2.24, 2.45) is 5.84 Å². The summed E-state index contributed by atoms with van der Waals surface area (Å²) in [5.41, 5.74) is 8.01. The largest absolute Gasteiger partial charge is 0.472 e. The summed E-state index contributed by atoms with van der Waals surface area (Å²) in [6, 6.07) is 8.77. The minimum atomic E-state index is 0.227. The standard InChI is InChI=1S/C15H20N2O/c1-11-3-4-13(7-12(11)2)8-15(17-16)9-14-5-6-18-10-14/h3-7,10,15,17H,8-9,16H2,1-2H3. The number of hydrogen-bond acceptors (Lipinski definition) is 3. The van der Waals surface area contributed by atoms with Crippen molar-refractivity contribution in [2.75, 3.05) is 0 Å². The van der Waals surface area contributed by atoms with E-state index in [1.54, 1.807) is 12.5 Å². The van der Waals surface area contributed by atoms with Gasteiger partial charge in [0.25, 0.3) is 0 Å². The van der Waals surface area contributed by atoms with E-state index in [1.807, 2.05) is 6.07 Å². The molecular formula is C15H20N2O. The van der Waals surface area contributed by atoms with Crippen LogP contribution in [-0.4, -0.2) is 6.04 Å². The lowest BCUT2D eigenvalue weighted by Gasteiger charge is -2.15. The van der Waals surface area contributed by atoms with E-state index < -0.39 is 0 Å². The van der Waals surface area contributed by atoms with Gasteiger partial charge in [-0.1, -0.05) is 18.2 Å². The summed E-state index contributed by atoms with van der Waals surface area (Å²) >= 11 is 0. The molecule has 0 spiro atoms. The smallest absolute Gasteiger partial charge is 0.0935 e. The number of nitrogens with one attached hydrogen (secondary N) is 1. The molecule has 0 saturated heterocycles. The Morgan fingerprint density at radius 1 is 1.11 bits per heavy atom. The van der Waals surface area contributed by atoms with E-state index >= 15 is 0 Å². The van der Waals surface area contributed by atoms with Crippen LogP contribution in [0.15, 0.2) is 41.2 Å². The molecule has 1 unspecified atom stereocenters. The number of hydrazine groups is 1. The Balaban J connectivity index is 2.03. The second-order valence-electron chi connectivity index (χ2n) is 4.82. The number of hydrogen-bond donors (Lipinski definition) is 2. The van der Waals surface area contributed by atoms with Crippen LogP contribution in [-0.2, 0) is 12.8 Å². The van der Waals surface area contributed by atoms with Gasteiger partial charge < -0.3 is 4.42 Å². The molecule has 1 atom stereocenters. The first-order chi connectivity index (χ1) is 8.69. The van der Waals surface area contributed by atoms with E-state index in [0.717, 1.165) is 12.8 Å². The van der Waals surface area contributed by atoms with E-state index in [9.17, 15) is 0 Å². The molecule has 0 saturated carbocycles. The second-order valence-corrected chi connectivity index (χ2v) is 4.82. The van der Waals surface area contributed by atoms with Gasteiger partial charge in [0, 0.05) is 6.04 Å². The van der Waals surface area contributed by atoms with Gasteiger partial charge in [-0.15, -0.1) is 0 Å². The van der Waals surface area contributed by atoms with E-state index in [4.69, 9.17) is 10.3 Å². The van der Waals surface area contributed by atoms with Crippen molar-refractivity contribution in [1.29, 1.82) is 0 Å². The van der Waals surface area contributed by atoms with Crippen molar-refractivity contribution in [3.63, 3.8) is 0 Å². The third-order valence-corrected chi connectivity index (χ3v) is 3.35. The zero-order valence-electron chi connectivity index (χ0n) is 10.9.